The number of carboxylic acids is 2. The number of aromatic nitrogens is 1. The summed E-state index contributed by atoms with van der Waals surface area (Å²) in [5, 5.41) is 20.4. The number of rotatable bonds is 8. The Morgan fingerprint density at radius 2 is 1.57 bits per heavy atom. The predicted molar refractivity (Wildman–Crippen MR) is 139 cm³/mol. The van der Waals surface area contributed by atoms with Crippen molar-refractivity contribution in [3.8, 4) is 0 Å². The van der Waals surface area contributed by atoms with Crippen molar-refractivity contribution in [2.75, 3.05) is 49.5 Å². The summed E-state index contributed by atoms with van der Waals surface area (Å²) < 4.78 is 0. The molecule has 0 saturated carbocycles. The number of piperazine rings is 1. The molecule has 184 valence electrons. The summed E-state index contributed by atoms with van der Waals surface area (Å²) in [6, 6.07) is 21.2. The minimum absolute atomic E-state index is 0.558. The number of para-hydroxylation sites is 2. The van der Waals surface area contributed by atoms with Crippen LogP contribution in [0, 0.1) is 6.92 Å². The van der Waals surface area contributed by atoms with Crippen molar-refractivity contribution in [1.29, 1.82) is 0 Å². The van der Waals surface area contributed by atoms with Crippen LogP contribution in [0.15, 0.2) is 72.8 Å². The molecule has 2 heterocycles. The van der Waals surface area contributed by atoms with Gasteiger partial charge in [-0.1, -0.05) is 36.4 Å². The summed E-state index contributed by atoms with van der Waals surface area (Å²) in [6.45, 7) is 8.77. The maximum atomic E-state index is 9.55. The van der Waals surface area contributed by atoms with Crippen LogP contribution in [-0.2, 0) is 9.59 Å². The number of carbonyl (C=O) groups is 2. The highest BCUT2D eigenvalue weighted by Gasteiger charge is 2.16. The Labute approximate surface area is 205 Å². The number of nitrogens with zero attached hydrogens (tertiary/aromatic N) is 3. The summed E-state index contributed by atoms with van der Waals surface area (Å²) >= 11 is 0. The first-order valence-electron chi connectivity index (χ1n) is 11.7. The van der Waals surface area contributed by atoms with Gasteiger partial charge in [0.1, 0.15) is 5.82 Å². The van der Waals surface area contributed by atoms with Gasteiger partial charge in [-0.3, -0.25) is 4.90 Å². The lowest BCUT2D eigenvalue weighted by molar-refractivity contribution is -0.134. The smallest absolute Gasteiger partial charge is 0.328 e. The normalized spacial score (nSPS) is 13.9. The van der Waals surface area contributed by atoms with E-state index in [0.717, 1.165) is 57.0 Å². The van der Waals surface area contributed by atoms with E-state index in [1.54, 1.807) is 0 Å². The number of aryl methyl sites for hydroxylation is 1. The molecule has 3 aromatic rings. The van der Waals surface area contributed by atoms with E-state index in [1.807, 2.05) is 6.07 Å². The minimum Gasteiger partial charge on any atom is -0.478 e. The van der Waals surface area contributed by atoms with E-state index in [2.05, 4.69) is 76.6 Å². The molecule has 35 heavy (non-hydrogen) atoms. The van der Waals surface area contributed by atoms with Crippen LogP contribution in [-0.4, -0.2) is 71.3 Å². The average molecular weight is 477 g/mol. The van der Waals surface area contributed by atoms with Gasteiger partial charge in [-0.15, -0.1) is 0 Å². The number of anilines is 2. The molecule has 8 nitrogen and oxygen atoms in total. The third-order valence-electron chi connectivity index (χ3n) is 5.74. The molecule has 0 unspecified atom stereocenters. The van der Waals surface area contributed by atoms with Crippen molar-refractivity contribution in [3.63, 3.8) is 0 Å². The van der Waals surface area contributed by atoms with Gasteiger partial charge in [0.15, 0.2) is 0 Å². The Morgan fingerprint density at radius 3 is 2.23 bits per heavy atom. The third kappa shape index (κ3) is 8.42. The Kier molecular flexibility index (Phi) is 9.62. The lowest BCUT2D eigenvalue weighted by Crippen LogP contribution is -2.46. The molecule has 4 rings (SSSR count). The van der Waals surface area contributed by atoms with Crippen molar-refractivity contribution in [2.24, 2.45) is 0 Å². The van der Waals surface area contributed by atoms with E-state index in [0.29, 0.717) is 12.2 Å². The zero-order valence-electron chi connectivity index (χ0n) is 19.9. The van der Waals surface area contributed by atoms with Gasteiger partial charge in [0, 0.05) is 55.9 Å². The molecule has 1 aliphatic rings. The van der Waals surface area contributed by atoms with E-state index in [-0.39, 0.29) is 0 Å². The fraction of sp³-hybridized carbons (Fsp3) is 0.296. The largest absolute Gasteiger partial charge is 0.478 e. The number of benzene rings is 2. The van der Waals surface area contributed by atoms with E-state index in [9.17, 15) is 9.59 Å². The van der Waals surface area contributed by atoms with Gasteiger partial charge in [-0.2, -0.15) is 0 Å². The maximum absolute atomic E-state index is 9.55. The van der Waals surface area contributed by atoms with Crippen molar-refractivity contribution >= 4 is 34.3 Å². The van der Waals surface area contributed by atoms with E-state index < -0.39 is 11.9 Å². The first-order valence-corrected chi connectivity index (χ1v) is 11.7. The zero-order chi connectivity index (χ0) is 25.0. The lowest BCUT2D eigenvalue weighted by Gasteiger charge is -2.36. The molecule has 8 heteroatoms. The Bertz CT molecular complexity index is 1130. The Morgan fingerprint density at radius 1 is 0.943 bits per heavy atom. The van der Waals surface area contributed by atoms with Crippen molar-refractivity contribution in [2.45, 2.75) is 13.3 Å². The lowest BCUT2D eigenvalue weighted by atomic mass is 10.1. The molecule has 1 fully saturated rings. The predicted octanol–water partition coefficient (Wildman–Crippen LogP) is 3.88. The minimum atomic E-state index is -1.26. The van der Waals surface area contributed by atoms with Crippen molar-refractivity contribution in [3.05, 3.63) is 78.4 Å². The number of nitrogens with one attached hydrogen (secondary N) is 1. The summed E-state index contributed by atoms with van der Waals surface area (Å²) in [6.07, 6.45) is 2.25. The standard InChI is InChI=1S/C23H28N4.C4H4O4/c1-19-18-23(25-22-11-6-5-10-21(19)22)24-12-7-13-26-14-16-27(17-15-26)20-8-3-2-4-9-20;5-3(6)1-2-4(7)8/h2-6,8-11,18H,7,12-17H2,1H3,(H,24,25);1-2H,(H,5,6)(H,7,8)/b;2-1+. The molecule has 0 spiro atoms. The van der Waals surface area contributed by atoms with Gasteiger partial charge >= 0.3 is 11.9 Å². The fourth-order valence-corrected chi connectivity index (χ4v) is 3.97. The van der Waals surface area contributed by atoms with Gasteiger partial charge in [-0.05, 0) is 49.7 Å². The second-order valence-corrected chi connectivity index (χ2v) is 8.30. The highest BCUT2D eigenvalue weighted by Crippen LogP contribution is 2.20. The second kappa shape index (κ2) is 13.1. The van der Waals surface area contributed by atoms with Gasteiger partial charge in [0.05, 0.1) is 5.52 Å². The quantitative estimate of drug-likeness (QED) is 0.332. The third-order valence-corrected chi connectivity index (χ3v) is 5.74. The van der Waals surface area contributed by atoms with Crippen LogP contribution in [0.3, 0.4) is 0 Å². The number of fused-ring (bicyclic) bond motifs is 1. The van der Waals surface area contributed by atoms with Gasteiger partial charge < -0.3 is 20.4 Å². The van der Waals surface area contributed by atoms with Crippen LogP contribution < -0.4 is 10.2 Å². The summed E-state index contributed by atoms with van der Waals surface area (Å²) in [4.78, 5) is 28.9. The molecular weight excluding hydrogens is 444 g/mol. The molecule has 3 N–H and O–H groups in total. The first kappa shape index (κ1) is 25.7. The number of aliphatic carboxylic acids is 2. The molecular formula is C27H32N4O4. The average Bonchev–Trinajstić information content (AvgIpc) is 2.87. The highest BCUT2D eigenvalue weighted by molar-refractivity contribution is 5.89. The topological polar surface area (TPSA) is 106 Å². The Balaban J connectivity index is 0.000000371. The van der Waals surface area contributed by atoms with E-state index >= 15 is 0 Å². The molecule has 1 aromatic heterocycles. The number of hydrogen-bond donors (Lipinski definition) is 3. The molecule has 0 amide bonds. The SMILES string of the molecule is Cc1cc(NCCCN2CCN(c3ccccc3)CC2)nc2ccccc12.O=C(O)/C=C/C(=O)O. The molecule has 0 radical (unpaired) electrons. The summed E-state index contributed by atoms with van der Waals surface area (Å²) in [5.41, 5.74) is 3.69. The van der Waals surface area contributed by atoms with Crippen LogP contribution in [0.2, 0.25) is 0 Å². The molecule has 0 atom stereocenters. The van der Waals surface area contributed by atoms with Crippen LogP contribution in [0.4, 0.5) is 11.5 Å². The monoisotopic (exact) mass is 476 g/mol. The molecule has 2 aromatic carbocycles. The van der Waals surface area contributed by atoms with Crippen LogP contribution in [0.1, 0.15) is 12.0 Å². The number of pyridine rings is 1. The molecule has 0 bridgehead atoms. The van der Waals surface area contributed by atoms with Gasteiger partial charge in [0.2, 0.25) is 0 Å². The molecule has 1 saturated heterocycles. The number of carboxylic acid groups (broad SMARTS) is 2. The van der Waals surface area contributed by atoms with Crippen LogP contribution >= 0.6 is 0 Å². The van der Waals surface area contributed by atoms with E-state index in [4.69, 9.17) is 15.2 Å². The van der Waals surface area contributed by atoms with Crippen LogP contribution in [0.25, 0.3) is 10.9 Å². The Hall–Kier alpha value is -3.91. The van der Waals surface area contributed by atoms with E-state index in [1.165, 1.54) is 16.6 Å². The molecule has 1 aliphatic heterocycles. The number of hydrogen-bond acceptors (Lipinski definition) is 6. The molecule has 0 aliphatic carbocycles. The fourth-order valence-electron chi connectivity index (χ4n) is 3.97. The van der Waals surface area contributed by atoms with Crippen molar-refractivity contribution in [1.82, 2.24) is 9.88 Å². The summed E-state index contributed by atoms with van der Waals surface area (Å²) in [7, 11) is 0. The van der Waals surface area contributed by atoms with Gasteiger partial charge in [-0.25, -0.2) is 14.6 Å². The summed E-state index contributed by atoms with van der Waals surface area (Å²) in [5.74, 6) is -1.53. The van der Waals surface area contributed by atoms with Crippen molar-refractivity contribution < 1.29 is 19.8 Å². The highest BCUT2D eigenvalue weighted by atomic mass is 16.4. The van der Waals surface area contributed by atoms with Gasteiger partial charge in [0.25, 0.3) is 0 Å². The zero-order valence-corrected chi connectivity index (χ0v) is 19.9. The van der Waals surface area contributed by atoms with Crippen LogP contribution in [0.5, 0.6) is 0 Å². The second-order valence-electron chi connectivity index (χ2n) is 8.30. The first-order chi connectivity index (χ1) is 16.9. The maximum Gasteiger partial charge on any atom is 0.328 e.